The van der Waals surface area contributed by atoms with Crippen molar-refractivity contribution >= 4 is 5.91 Å². The average Bonchev–Trinajstić information content (AvgIpc) is 2.54. The largest absolute Gasteiger partial charge is 0.340 e. The van der Waals surface area contributed by atoms with Crippen LogP contribution < -0.4 is 5.73 Å². The minimum absolute atomic E-state index is 0.160. The van der Waals surface area contributed by atoms with Gasteiger partial charge in [-0.2, -0.15) is 0 Å². The third-order valence-corrected chi connectivity index (χ3v) is 5.18. The van der Waals surface area contributed by atoms with Gasteiger partial charge in [-0.05, 0) is 32.7 Å². The summed E-state index contributed by atoms with van der Waals surface area (Å²) in [6.07, 6.45) is 15.2. The fourth-order valence-electron chi connectivity index (χ4n) is 3.49. The van der Waals surface area contributed by atoms with Crippen LogP contribution in [-0.4, -0.2) is 37.1 Å². The number of carbonyl (C=O) groups is 1. The monoisotopic (exact) mass is 339 g/mol. The van der Waals surface area contributed by atoms with Gasteiger partial charge in [0.1, 0.15) is 0 Å². The van der Waals surface area contributed by atoms with Crippen LogP contribution >= 0.6 is 0 Å². The lowest BCUT2D eigenvalue weighted by Crippen LogP contribution is -2.53. The topological polar surface area (TPSA) is 43.1 Å². The zero-order valence-electron chi connectivity index (χ0n) is 16.9. The van der Waals surface area contributed by atoms with Crippen LogP contribution in [0.25, 0.3) is 0 Å². The van der Waals surface area contributed by atoms with E-state index in [1.807, 2.05) is 21.0 Å². The Morgan fingerprint density at radius 3 is 1.83 bits per heavy atom. The second-order valence-corrected chi connectivity index (χ2v) is 7.83. The van der Waals surface area contributed by atoms with E-state index in [1.54, 1.807) is 0 Å². The molecule has 0 aliphatic rings. The number of carbonyl (C=O) groups excluding carboxylic acids is 1. The summed E-state index contributed by atoms with van der Waals surface area (Å²) >= 11 is 0. The Morgan fingerprint density at radius 1 is 0.917 bits per heavy atom. The van der Waals surface area contributed by atoms with E-state index < -0.39 is 0 Å². The van der Waals surface area contributed by atoms with Gasteiger partial charge < -0.3 is 5.73 Å². The Hall–Kier alpha value is -0.670. The maximum Gasteiger partial charge on any atom is 0.340 e. The lowest BCUT2D eigenvalue weighted by atomic mass is 9.98. The summed E-state index contributed by atoms with van der Waals surface area (Å²) in [5, 5.41) is 0. The van der Waals surface area contributed by atoms with E-state index in [9.17, 15) is 4.79 Å². The number of hydrogen-bond donors (Lipinski definition) is 1. The van der Waals surface area contributed by atoms with Gasteiger partial charge in [-0.15, -0.1) is 0 Å². The molecule has 0 fully saturated rings. The molecule has 0 aliphatic carbocycles. The molecule has 0 rings (SSSR count). The molecule has 1 unspecified atom stereocenters. The molecule has 3 nitrogen and oxygen atoms in total. The molecule has 3 heteroatoms. The first-order valence-corrected chi connectivity index (χ1v) is 10.1. The number of nitrogens with zero attached hydrogens (tertiary/aromatic N) is 1. The van der Waals surface area contributed by atoms with E-state index in [2.05, 4.69) is 13.5 Å². The van der Waals surface area contributed by atoms with Gasteiger partial charge in [0.05, 0.1) is 20.1 Å². The molecular formula is C21H43N2O+. The standard InChI is InChI=1S/C21H43N2O/c1-6-7-8-9-10-11-12-13-14-16-20(17-15-18-22)23(4,5)21(24)19(2)3/h20H,2,6-18,22H2,1,3-5H3/q+1. The molecule has 0 spiro atoms. The summed E-state index contributed by atoms with van der Waals surface area (Å²) in [5.41, 5.74) is 6.35. The second-order valence-electron chi connectivity index (χ2n) is 7.83. The highest BCUT2D eigenvalue weighted by molar-refractivity contribution is 5.86. The first kappa shape index (κ1) is 23.3. The smallest absolute Gasteiger partial charge is 0.330 e. The van der Waals surface area contributed by atoms with Crippen LogP contribution in [-0.2, 0) is 4.79 Å². The Balaban J connectivity index is 4.16. The molecule has 1 amide bonds. The number of nitrogens with two attached hydrogens (primary N) is 1. The SMILES string of the molecule is C=C(C)C(=O)[N+](C)(C)C(CCCN)CCCCCCCCCCC. The van der Waals surface area contributed by atoms with Crippen molar-refractivity contribution in [3.8, 4) is 0 Å². The number of rotatable bonds is 15. The van der Waals surface area contributed by atoms with Crippen LogP contribution in [0.1, 0.15) is 90.9 Å². The zero-order valence-corrected chi connectivity index (χ0v) is 16.9. The summed E-state index contributed by atoms with van der Waals surface area (Å²) in [7, 11) is 4.07. The highest BCUT2D eigenvalue weighted by atomic mass is 16.2. The van der Waals surface area contributed by atoms with Gasteiger partial charge in [0, 0.05) is 12.0 Å². The van der Waals surface area contributed by atoms with E-state index >= 15 is 0 Å². The minimum Gasteiger partial charge on any atom is -0.330 e. The van der Waals surface area contributed by atoms with Crippen LogP contribution in [0.4, 0.5) is 0 Å². The van der Waals surface area contributed by atoms with Crippen molar-refractivity contribution < 1.29 is 9.28 Å². The fourth-order valence-corrected chi connectivity index (χ4v) is 3.49. The van der Waals surface area contributed by atoms with Gasteiger partial charge in [0.2, 0.25) is 0 Å². The summed E-state index contributed by atoms with van der Waals surface area (Å²) in [6, 6.07) is 0.363. The lowest BCUT2D eigenvalue weighted by molar-refractivity contribution is -0.839. The number of quaternary nitrogens is 1. The van der Waals surface area contributed by atoms with Gasteiger partial charge in [-0.25, -0.2) is 4.79 Å². The minimum atomic E-state index is 0.160. The zero-order chi connectivity index (χ0) is 18.4. The Kier molecular flexibility index (Phi) is 13.2. The van der Waals surface area contributed by atoms with E-state index in [0.29, 0.717) is 22.6 Å². The van der Waals surface area contributed by atoms with E-state index in [4.69, 9.17) is 5.73 Å². The molecule has 0 aromatic rings. The Bertz CT molecular complexity index is 350. The van der Waals surface area contributed by atoms with E-state index in [0.717, 1.165) is 19.3 Å². The molecule has 142 valence electrons. The third kappa shape index (κ3) is 9.58. The number of likely N-dealkylation sites (N-methyl/N-ethyl adjacent to an activating group) is 1. The van der Waals surface area contributed by atoms with Crippen LogP contribution in [0.2, 0.25) is 0 Å². The molecule has 0 saturated carbocycles. The van der Waals surface area contributed by atoms with Crippen molar-refractivity contribution in [1.82, 2.24) is 0 Å². The van der Waals surface area contributed by atoms with Crippen molar-refractivity contribution in [2.45, 2.75) is 96.9 Å². The number of unbranched alkanes of at least 4 members (excludes halogenated alkanes) is 8. The maximum atomic E-state index is 12.5. The molecule has 1 atom stereocenters. The van der Waals surface area contributed by atoms with Crippen molar-refractivity contribution in [3.05, 3.63) is 12.2 Å². The summed E-state index contributed by atoms with van der Waals surface area (Å²) in [5.74, 6) is 0.160. The third-order valence-electron chi connectivity index (χ3n) is 5.18. The predicted octanol–water partition coefficient (Wildman–Crippen LogP) is 5.19. The molecule has 24 heavy (non-hydrogen) atoms. The van der Waals surface area contributed by atoms with Gasteiger partial charge in [-0.1, -0.05) is 64.9 Å². The fraction of sp³-hybridized carbons (Fsp3) is 0.857. The highest BCUT2D eigenvalue weighted by Gasteiger charge is 2.35. The molecular weight excluding hydrogens is 296 g/mol. The number of hydrogen-bond acceptors (Lipinski definition) is 2. The number of amides is 1. The highest BCUT2D eigenvalue weighted by Crippen LogP contribution is 2.22. The maximum absolute atomic E-state index is 12.5. The van der Waals surface area contributed by atoms with Crippen LogP contribution in [0.15, 0.2) is 12.2 Å². The molecule has 0 radical (unpaired) electrons. The molecule has 2 N–H and O–H groups in total. The first-order chi connectivity index (χ1) is 11.4. The van der Waals surface area contributed by atoms with Gasteiger partial charge in [-0.3, -0.25) is 4.48 Å². The Morgan fingerprint density at radius 2 is 1.38 bits per heavy atom. The van der Waals surface area contributed by atoms with Crippen molar-refractivity contribution in [3.63, 3.8) is 0 Å². The quantitative estimate of drug-likeness (QED) is 0.253. The Labute approximate surface area is 151 Å². The van der Waals surface area contributed by atoms with Crippen LogP contribution in [0, 0.1) is 0 Å². The molecule has 0 bridgehead atoms. The average molecular weight is 340 g/mol. The second kappa shape index (κ2) is 13.6. The van der Waals surface area contributed by atoms with Gasteiger partial charge >= 0.3 is 5.91 Å². The van der Waals surface area contributed by atoms with Crippen LogP contribution in [0.3, 0.4) is 0 Å². The predicted molar refractivity (Wildman–Crippen MR) is 106 cm³/mol. The lowest BCUT2D eigenvalue weighted by Gasteiger charge is -2.36. The van der Waals surface area contributed by atoms with Crippen molar-refractivity contribution in [2.75, 3.05) is 20.6 Å². The normalized spacial score (nSPS) is 13.0. The van der Waals surface area contributed by atoms with Crippen molar-refractivity contribution in [1.29, 1.82) is 0 Å². The van der Waals surface area contributed by atoms with Crippen molar-refractivity contribution in [2.24, 2.45) is 5.73 Å². The summed E-state index contributed by atoms with van der Waals surface area (Å²) < 4.78 is 0.423. The van der Waals surface area contributed by atoms with Gasteiger partial charge in [0.25, 0.3) is 0 Å². The molecule has 0 aliphatic heterocycles. The molecule has 0 saturated heterocycles. The first-order valence-electron chi connectivity index (χ1n) is 10.1. The molecule has 0 aromatic heterocycles. The molecule has 0 heterocycles. The summed E-state index contributed by atoms with van der Waals surface area (Å²) in [4.78, 5) is 12.5. The van der Waals surface area contributed by atoms with Gasteiger partial charge in [0.15, 0.2) is 0 Å². The summed E-state index contributed by atoms with van der Waals surface area (Å²) in [6.45, 7) is 8.63. The molecule has 0 aromatic carbocycles. The van der Waals surface area contributed by atoms with Crippen LogP contribution in [0.5, 0.6) is 0 Å². The van der Waals surface area contributed by atoms with E-state index in [1.165, 1.54) is 57.8 Å². The van der Waals surface area contributed by atoms with E-state index in [-0.39, 0.29) is 5.91 Å².